The van der Waals surface area contributed by atoms with Gasteiger partial charge in [-0.1, -0.05) is 29.3 Å². The Morgan fingerprint density at radius 1 is 1.06 bits per heavy atom. The summed E-state index contributed by atoms with van der Waals surface area (Å²) >= 11 is 12.4. The number of aryl methyl sites for hydroxylation is 1. The molecule has 0 unspecified atom stereocenters. The van der Waals surface area contributed by atoms with E-state index in [-0.39, 0.29) is 16.5 Å². The van der Waals surface area contributed by atoms with Crippen LogP contribution in [0.1, 0.15) is 15.9 Å². The number of pyridine rings is 1. The first kappa shape index (κ1) is 22.9. The van der Waals surface area contributed by atoms with Crippen molar-refractivity contribution in [1.29, 1.82) is 0 Å². The number of halogens is 2. The van der Waals surface area contributed by atoms with Gasteiger partial charge in [0, 0.05) is 27.9 Å². The Kier molecular flexibility index (Phi) is 6.74. The molecule has 1 heterocycles. The molecule has 3 aromatic rings. The fourth-order valence-electron chi connectivity index (χ4n) is 2.73. The number of amides is 1. The minimum atomic E-state index is -3.69. The smallest absolute Gasteiger partial charge is 0.264 e. The molecule has 3 rings (SSSR count). The van der Waals surface area contributed by atoms with Crippen molar-refractivity contribution < 1.29 is 22.7 Å². The van der Waals surface area contributed by atoms with Crippen molar-refractivity contribution in [3.05, 3.63) is 69.8 Å². The van der Waals surface area contributed by atoms with Gasteiger partial charge in [-0.2, -0.15) is 0 Å². The summed E-state index contributed by atoms with van der Waals surface area (Å²) in [6, 6.07) is 11.4. The van der Waals surface area contributed by atoms with Crippen LogP contribution in [0.4, 0.5) is 0 Å². The fraction of sp³-hybridized carbons (Fsp3) is 0.143. The number of ether oxygens (including phenoxy) is 2. The van der Waals surface area contributed by atoms with Gasteiger partial charge in [-0.25, -0.2) is 18.1 Å². The first-order valence-corrected chi connectivity index (χ1v) is 11.5. The number of benzene rings is 2. The number of hydrogen-bond acceptors (Lipinski definition) is 6. The van der Waals surface area contributed by atoms with Crippen LogP contribution in [0.2, 0.25) is 10.0 Å². The molecular formula is C21H18Cl2N2O5S. The van der Waals surface area contributed by atoms with Crippen LogP contribution in [-0.2, 0) is 10.0 Å². The Hall–Kier alpha value is -2.81. The lowest BCUT2D eigenvalue weighted by atomic mass is 10.0. The maximum Gasteiger partial charge on any atom is 0.264 e. The molecule has 31 heavy (non-hydrogen) atoms. The van der Waals surface area contributed by atoms with Crippen LogP contribution in [0, 0.1) is 6.92 Å². The predicted octanol–water partition coefficient (Wildman–Crippen LogP) is 4.85. The molecule has 0 fully saturated rings. The Balaban J connectivity index is 1.91. The average molecular weight is 481 g/mol. The normalized spacial score (nSPS) is 11.1. The third-order valence-corrected chi connectivity index (χ3v) is 5.28. The lowest BCUT2D eigenvalue weighted by Crippen LogP contribution is -2.29. The van der Waals surface area contributed by atoms with E-state index in [0.29, 0.717) is 27.6 Å². The van der Waals surface area contributed by atoms with Crippen LogP contribution < -0.4 is 14.2 Å². The summed E-state index contributed by atoms with van der Waals surface area (Å²) in [5, 5.41) is 0.788. The number of nitrogens with zero attached hydrogens (tertiary/aromatic N) is 1. The summed E-state index contributed by atoms with van der Waals surface area (Å²) in [7, 11) is -2.25. The van der Waals surface area contributed by atoms with Crippen LogP contribution in [-0.4, -0.2) is 32.7 Å². The van der Waals surface area contributed by atoms with Crippen molar-refractivity contribution in [3.63, 3.8) is 0 Å². The zero-order valence-corrected chi connectivity index (χ0v) is 19.1. The zero-order chi connectivity index (χ0) is 22.8. The fourth-order valence-corrected chi connectivity index (χ4v) is 3.56. The molecule has 2 aromatic carbocycles. The highest BCUT2D eigenvalue weighted by Gasteiger charge is 2.16. The summed E-state index contributed by atoms with van der Waals surface area (Å²) in [6.07, 6.45) is 2.45. The Labute approximate surface area is 190 Å². The number of nitrogens with one attached hydrogen (secondary N) is 1. The topological polar surface area (TPSA) is 94.6 Å². The van der Waals surface area contributed by atoms with E-state index >= 15 is 0 Å². The maximum atomic E-state index is 12.1. The van der Waals surface area contributed by atoms with Crippen molar-refractivity contribution in [2.24, 2.45) is 0 Å². The molecule has 0 radical (unpaired) electrons. The minimum absolute atomic E-state index is 0.126. The number of sulfonamides is 1. The van der Waals surface area contributed by atoms with Crippen LogP contribution >= 0.6 is 23.2 Å². The highest BCUT2D eigenvalue weighted by molar-refractivity contribution is 7.89. The van der Waals surface area contributed by atoms with Gasteiger partial charge >= 0.3 is 0 Å². The van der Waals surface area contributed by atoms with Crippen LogP contribution in [0.25, 0.3) is 11.1 Å². The first-order valence-electron chi connectivity index (χ1n) is 8.87. The van der Waals surface area contributed by atoms with E-state index in [1.807, 2.05) is 17.7 Å². The molecule has 1 aromatic heterocycles. The summed E-state index contributed by atoms with van der Waals surface area (Å²) < 4.78 is 35.7. The molecule has 162 valence electrons. The van der Waals surface area contributed by atoms with Gasteiger partial charge in [-0.15, -0.1) is 0 Å². The first-order chi connectivity index (χ1) is 14.6. The van der Waals surface area contributed by atoms with E-state index in [0.717, 1.165) is 11.8 Å². The number of rotatable bonds is 6. The molecule has 0 aliphatic carbocycles. The van der Waals surface area contributed by atoms with Crippen molar-refractivity contribution in [2.45, 2.75) is 6.92 Å². The van der Waals surface area contributed by atoms with Gasteiger partial charge in [0.1, 0.15) is 16.5 Å². The Morgan fingerprint density at radius 2 is 1.81 bits per heavy atom. The molecule has 0 saturated heterocycles. The highest BCUT2D eigenvalue weighted by Crippen LogP contribution is 2.36. The van der Waals surface area contributed by atoms with Gasteiger partial charge in [-0.3, -0.25) is 4.79 Å². The molecule has 0 aliphatic rings. The summed E-state index contributed by atoms with van der Waals surface area (Å²) in [5.41, 5.74) is 2.22. The minimum Gasteiger partial charge on any atom is -0.496 e. The second-order valence-electron chi connectivity index (χ2n) is 6.64. The van der Waals surface area contributed by atoms with Crippen LogP contribution in [0.15, 0.2) is 48.7 Å². The molecule has 1 N–H and O–H groups in total. The molecule has 0 atom stereocenters. The summed E-state index contributed by atoms with van der Waals surface area (Å²) in [5.74, 6) is 0.329. The van der Waals surface area contributed by atoms with Crippen LogP contribution in [0.3, 0.4) is 0 Å². The number of carbonyl (C=O) groups is 1. The molecule has 7 nitrogen and oxygen atoms in total. The highest BCUT2D eigenvalue weighted by atomic mass is 35.5. The molecular weight excluding hydrogens is 463 g/mol. The molecule has 0 saturated carbocycles. The zero-order valence-electron chi connectivity index (χ0n) is 16.8. The molecule has 0 bridgehead atoms. The largest absolute Gasteiger partial charge is 0.496 e. The maximum absolute atomic E-state index is 12.1. The van der Waals surface area contributed by atoms with E-state index in [9.17, 15) is 13.2 Å². The molecule has 10 heteroatoms. The van der Waals surface area contributed by atoms with Gasteiger partial charge in [-0.05, 0) is 48.9 Å². The quantitative estimate of drug-likeness (QED) is 0.541. The second kappa shape index (κ2) is 9.13. The van der Waals surface area contributed by atoms with Gasteiger partial charge in [0.05, 0.1) is 13.4 Å². The third-order valence-electron chi connectivity index (χ3n) is 4.22. The summed E-state index contributed by atoms with van der Waals surface area (Å²) in [6.45, 7) is 1.88. The average Bonchev–Trinajstić information content (AvgIpc) is 2.70. The van der Waals surface area contributed by atoms with Crippen molar-refractivity contribution >= 4 is 39.1 Å². The van der Waals surface area contributed by atoms with Gasteiger partial charge in [0.15, 0.2) is 0 Å². The van der Waals surface area contributed by atoms with Crippen molar-refractivity contribution in [1.82, 2.24) is 9.71 Å². The standard InChI is InChI=1S/C21H18Cl2N2O5S/c1-12-4-6-15(22)10-18(12)30-21-17(23)8-14(11-24-21)16-7-5-13(9-19(16)29-2)20(26)25-31(3,27)28/h4-11H,1-3H3,(H,25,26). The van der Waals surface area contributed by atoms with Crippen molar-refractivity contribution in [2.75, 3.05) is 13.4 Å². The van der Waals surface area contributed by atoms with Gasteiger partial charge in [0.25, 0.3) is 5.91 Å². The van der Waals surface area contributed by atoms with E-state index < -0.39 is 15.9 Å². The van der Waals surface area contributed by atoms with Crippen molar-refractivity contribution in [3.8, 4) is 28.5 Å². The van der Waals surface area contributed by atoms with Gasteiger partial charge in [0.2, 0.25) is 15.9 Å². The van der Waals surface area contributed by atoms with E-state index in [1.54, 1.807) is 30.5 Å². The second-order valence-corrected chi connectivity index (χ2v) is 9.23. The van der Waals surface area contributed by atoms with E-state index in [1.165, 1.54) is 19.2 Å². The number of carbonyl (C=O) groups excluding carboxylic acids is 1. The third kappa shape index (κ3) is 5.66. The molecule has 0 aliphatic heterocycles. The molecule has 1 amide bonds. The Morgan fingerprint density at radius 3 is 2.45 bits per heavy atom. The molecule has 0 spiro atoms. The lowest BCUT2D eigenvalue weighted by Gasteiger charge is -2.13. The van der Waals surface area contributed by atoms with Crippen LogP contribution in [0.5, 0.6) is 17.4 Å². The number of hydrogen-bond donors (Lipinski definition) is 1. The Bertz CT molecular complexity index is 1260. The SMILES string of the molecule is COc1cc(C(=O)NS(C)(=O)=O)ccc1-c1cnc(Oc2cc(Cl)ccc2C)c(Cl)c1. The monoisotopic (exact) mass is 480 g/mol. The summed E-state index contributed by atoms with van der Waals surface area (Å²) in [4.78, 5) is 16.4. The number of aromatic nitrogens is 1. The van der Waals surface area contributed by atoms with E-state index in [4.69, 9.17) is 32.7 Å². The van der Waals surface area contributed by atoms with Gasteiger partial charge < -0.3 is 9.47 Å². The van der Waals surface area contributed by atoms with E-state index in [2.05, 4.69) is 4.98 Å². The number of methoxy groups -OCH3 is 1. The lowest BCUT2D eigenvalue weighted by molar-refractivity contribution is 0.0981. The predicted molar refractivity (Wildman–Crippen MR) is 120 cm³/mol.